The molecule has 0 aliphatic carbocycles. The third-order valence-corrected chi connectivity index (χ3v) is 3.86. The molecule has 2 aromatic carbocycles. The number of anilines is 1. The first-order valence-electron chi connectivity index (χ1n) is 6.30. The Labute approximate surface area is 131 Å². The van der Waals surface area contributed by atoms with E-state index in [4.69, 9.17) is 11.6 Å². The van der Waals surface area contributed by atoms with E-state index in [0.717, 1.165) is 28.8 Å². The third kappa shape index (κ3) is 4.47. The Morgan fingerprint density at radius 1 is 1.10 bits per heavy atom. The summed E-state index contributed by atoms with van der Waals surface area (Å²) in [6.07, 6.45) is 0. The van der Waals surface area contributed by atoms with E-state index in [1.165, 1.54) is 12.1 Å². The fourth-order valence-corrected chi connectivity index (χ4v) is 2.44. The third-order valence-electron chi connectivity index (χ3n) is 2.82. The molecule has 2 N–H and O–H groups in total. The van der Waals surface area contributed by atoms with E-state index in [1.54, 1.807) is 6.07 Å². The molecule has 106 valence electrons. The fraction of sp³-hybridized carbons (Fsp3) is 0.200. The molecule has 5 heteroatoms. The van der Waals surface area contributed by atoms with Crippen LogP contribution in [0.1, 0.15) is 5.56 Å². The van der Waals surface area contributed by atoms with Crippen molar-refractivity contribution < 1.29 is 4.39 Å². The molecule has 2 aromatic rings. The van der Waals surface area contributed by atoms with Gasteiger partial charge in [-0.25, -0.2) is 4.39 Å². The zero-order chi connectivity index (χ0) is 14.4. The van der Waals surface area contributed by atoms with Crippen molar-refractivity contribution in [1.82, 2.24) is 5.32 Å². The van der Waals surface area contributed by atoms with Crippen LogP contribution >= 0.6 is 27.5 Å². The maximum atomic E-state index is 12.9. The Morgan fingerprint density at radius 2 is 1.90 bits per heavy atom. The molecule has 0 unspecified atom stereocenters. The van der Waals surface area contributed by atoms with Gasteiger partial charge >= 0.3 is 0 Å². The van der Waals surface area contributed by atoms with Crippen LogP contribution in [0.3, 0.4) is 0 Å². The Bertz CT molecular complexity index is 578. The maximum absolute atomic E-state index is 12.9. The highest BCUT2D eigenvalue weighted by molar-refractivity contribution is 9.10. The van der Waals surface area contributed by atoms with Crippen LogP contribution in [0, 0.1) is 5.82 Å². The number of hydrogen-bond donors (Lipinski definition) is 2. The van der Waals surface area contributed by atoms with E-state index in [9.17, 15) is 4.39 Å². The van der Waals surface area contributed by atoms with Crippen LogP contribution in [-0.4, -0.2) is 13.1 Å². The summed E-state index contributed by atoms with van der Waals surface area (Å²) in [7, 11) is 0. The van der Waals surface area contributed by atoms with Crippen molar-refractivity contribution in [2.45, 2.75) is 6.54 Å². The molecule has 0 saturated carbocycles. The Balaban J connectivity index is 1.73. The molecule has 0 bridgehead atoms. The van der Waals surface area contributed by atoms with Crippen LogP contribution in [0.25, 0.3) is 0 Å². The SMILES string of the molecule is Fc1ccc(CNCCNc2ccccc2Br)c(Cl)c1. The second-order valence-electron chi connectivity index (χ2n) is 4.32. The minimum Gasteiger partial charge on any atom is -0.383 e. The zero-order valence-corrected chi connectivity index (χ0v) is 13.1. The lowest BCUT2D eigenvalue weighted by Gasteiger charge is -2.10. The largest absolute Gasteiger partial charge is 0.383 e. The fourth-order valence-electron chi connectivity index (χ4n) is 1.78. The van der Waals surface area contributed by atoms with Gasteiger partial charge in [-0.2, -0.15) is 0 Å². The molecule has 0 saturated heterocycles. The molecule has 0 aromatic heterocycles. The predicted octanol–water partition coefficient (Wildman–Crippen LogP) is 4.44. The van der Waals surface area contributed by atoms with E-state index in [2.05, 4.69) is 26.6 Å². The maximum Gasteiger partial charge on any atom is 0.124 e. The van der Waals surface area contributed by atoms with Crippen LogP contribution in [0.4, 0.5) is 10.1 Å². The van der Waals surface area contributed by atoms with Gasteiger partial charge in [-0.05, 0) is 45.8 Å². The standard InChI is InChI=1S/C15H15BrClFN2/c16-13-3-1-2-4-15(13)20-8-7-19-10-11-5-6-12(18)9-14(11)17/h1-6,9,19-20H,7-8,10H2. The molecule has 0 heterocycles. The monoisotopic (exact) mass is 356 g/mol. The quantitative estimate of drug-likeness (QED) is 0.747. The van der Waals surface area contributed by atoms with Crippen molar-refractivity contribution in [3.05, 3.63) is 63.3 Å². The van der Waals surface area contributed by atoms with E-state index >= 15 is 0 Å². The summed E-state index contributed by atoms with van der Waals surface area (Å²) >= 11 is 9.44. The van der Waals surface area contributed by atoms with Crippen molar-refractivity contribution in [3.8, 4) is 0 Å². The highest BCUT2D eigenvalue weighted by Gasteiger charge is 2.01. The highest BCUT2D eigenvalue weighted by atomic mass is 79.9. The summed E-state index contributed by atoms with van der Waals surface area (Å²) in [6.45, 7) is 2.20. The Kier molecular flexibility index (Phi) is 5.83. The van der Waals surface area contributed by atoms with Crippen LogP contribution in [0.5, 0.6) is 0 Å². The molecule has 0 atom stereocenters. The highest BCUT2D eigenvalue weighted by Crippen LogP contribution is 2.20. The number of nitrogens with one attached hydrogen (secondary N) is 2. The van der Waals surface area contributed by atoms with Crippen molar-refractivity contribution in [2.24, 2.45) is 0 Å². The smallest absolute Gasteiger partial charge is 0.124 e. The summed E-state index contributed by atoms with van der Waals surface area (Å²) in [4.78, 5) is 0. The van der Waals surface area contributed by atoms with Gasteiger partial charge in [0.1, 0.15) is 5.82 Å². The number of halogens is 3. The van der Waals surface area contributed by atoms with Gasteiger partial charge in [0.2, 0.25) is 0 Å². The van der Waals surface area contributed by atoms with Gasteiger partial charge < -0.3 is 10.6 Å². The van der Waals surface area contributed by atoms with Crippen LogP contribution < -0.4 is 10.6 Å². The average Bonchev–Trinajstić information content (AvgIpc) is 2.42. The molecule has 0 aliphatic rings. The van der Waals surface area contributed by atoms with Crippen molar-refractivity contribution >= 4 is 33.2 Å². The second-order valence-corrected chi connectivity index (χ2v) is 5.58. The summed E-state index contributed by atoms with van der Waals surface area (Å²) in [6, 6.07) is 12.4. The second kappa shape index (κ2) is 7.62. The molecule has 20 heavy (non-hydrogen) atoms. The van der Waals surface area contributed by atoms with Gasteiger partial charge in [-0.1, -0.05) is 29.8 Å². The van der Waals surface area contributed by atoms with Gasteiger partial charge in [0.05, 0.1) is 0 Å². The summed E-state index contributed by atoms with van der Waals surface area (Å²) in [5.41, 5.74) is 1.96. The number of benzene rings is 2. The first-order chi connectivity index (χ1) is 9.66. The summed E-state index contributed by atoms with van der Waals surface area (Å²) < 4.78 is 13.9. The number of rotatable bonds is 6. The Morgan fingerprint density at radius 3 is 2.65 bits per heavy atom. The molecular weight excluding hydrogens is 343 g/mol. The predicted molar refractivity (Wildman–Crippen MR) is 85.7 cm³/mol. The van der Waals surface area contributed by atoms with Crippen molar-refractivity contribution in [3.63, 3.8) is 0 Å². The van der Waals surface area contributed by atoms with E-state index in [0.29, 0.717) is 11.6 Å². The number of hydrogen-bond acceptors (Lipinski definition) is 2. The minimum absolute atomic E-state index is 0.311. The summed E-state index contributed by atoms with van der Waals surface area (Å²) in [5.74, 6) is -0.311. The van der Waals surface area contributed by atoms with Gasteiger partial charge in [-0.15, -0.1) is 0 Å². The van der Waals surface area contributed by atoms with Gasteiger partial charge in [0, 0.05) is 34.8 Å². The molecule has 2 rings (SSSR count). The van der Waals surface area contributed by atoms with Gasteiger partial charge in [-0.3, -0.25) is 0 Å². The Hall–Kier alpha value is -1.10. The molecule has 0 spiro atoms. The van der Waals surface area contributed by atoms with Crippen molar-refractivity contribution in [1.29, 1.82) is 0 Å². The van der Waals surface area contributed by atoms with Crippen LogP contribution in [0.15, 0.2) is 46.9 Å². The molecule has 0 aliphatic heterocycles. The molecule has 0 amide bonds. The first kappa shape index (κ1) is 15.3. The molecule has 0 radical (unpaired) electrons. The molecular formula is C15H15BrClFN2. The van der Waals surface area contributed by atoms with Crippen LogP contribution in [0.2, 0.25) is 5.02 Å². The topological polar surface area (TPSA) is 24.1 Å². The van der Waals surface area contributed by atoms with Gasteiger partial charge in [0.25, 0.3) is 0 Å². The average molecular weight is 358 g/mol. The lowest BCUT2D eigenvalue weighted by molar-refractivity contribution is 0.625. The van der Waals surface area contributed by atoms with Crippen LogP contribution in [-0.2, 0) is 6.54 Å². The normalized spacial score (nSPS) is 10.6. The number of para-hydroxylation sites is 1. The molecule has 0 fully saturated rings. The zero-order valence-electron chi connectivity index (χ0n) is 10.8. The van der Waals surface area contributed by atoms with Crippen molar-refractivity contribution in [2.75, 3.05) is 18.4 Å². The minimum atomic E-state index is -0.311. The lowest BCUT2D eigenvalue weighted by atomic mass is 10.2. The molecule has 2 nitrogen and oxygen atoms in total. The van der Waals surface area contributed by atoms with E-state index < -0.39 is 0 Å². The van der Waals surface area contributed by atoms with E-state index in [-0.39, 0.29) is 5.82 Å². The first-order valence-corrected chi connectivity index (χ1v) is 7.47. The lowest BCUT2D eigenvalue weighted by Crippen LogP contribution is -2.22. The summed E-state index contributed by atoms with van der Waals surface area (Å²) in [5, 5.41) is 7.04. The van der Waals surface area contributed by atoms with E-state index in [1.807, 2.05) is 24.3 Å². The van der Waals surface area contributed by atoms with Gasteiger partial charge in [0.15, 0.2) is 0 Å².